The van der Waals surface area contributed by atoms with Gasteiger partial charge in [0, 0.05) is 25.4 Å². The van der Waals surface area contributed by atoms with Crippen LogP contribution in [-0.2, 0) is 19.2 Å². The third-order valence-electron chi connectivity index (χ3n) is 4.27. The van der Waals surface area contributed by atoms with Gasteiger partial charge in [0.25, 0.3) is 0 Å². The first-order valence-corrected chi connectivity index (χ1v) is 10.1. The molecule has 1 aliphatic rings. The quantitative estimate of drug-likeness (QED) is 0.522. The average molecular weight is 407 g/mol. The van der Waals surface area contributed by atoms with Crippen molar-refractivity contribution in [1.82, 2.24) is 5.43 Å². The lowest BCUT2D eigenvalue weighted by molar-refractivity contribution is 0.259. The normalized spacial score (nSPS) is 20.3. The molecule has 8 heteroatoms. The maximum Gasteiger partial charge on any atom is 0.394 e. The Kier molecular flexibility index (Phi) is 5.75. The molecular weight excluding hydrogens is 387 g/mol. The van der Waals surface area contributed by atoms with Crippen LogP contribution >= 0.6 is 19.2 Å². The minimum Gasteiger partial charge on any atom is -0.501 e. The van der Waals surface area contributed by atoms with Gasteiger partial charge >= 0.3 is 7.60 Å². The summed E-state index contributed by atoms with van der Waals surface area (Å²) < 4.78 is 22.4. The van der Waals surface area contributed by atoms with E-state index in [2.05, 4.69) is 5.43 Å². The Hall–Kier alpha value is -2.08. The highest BCUT2D eigenvalue weighted by atomic mass is 35.5. The summed E-state index contributed by atoms with van der Waals surface area (Å²) in [4.78, 5) is 0. The number of aliphatic hydroxyl groups excluding tert-OH is 1. The lowest BCUT2D eigenvalue weighted by Gasteiger charge is -2.30. The molecule has 3 rings (SSSR count). The summed E-state index contributed by atoms with van der Waals surface area (Å²) in [7, 11) is -1.35. The number of para-hydroxylation sites is 1. The second-order valence-electron chi connectivity index (χ2n) is 5.87. The highest BCUT2D eigenvalue weighted by Gasteiger charge is 2.38. The van der Waals surface area contributed by atoms with Crippen molar-refractivity contribution in [2.45, 2.75) is 5.54 Å². The molecule has 0 radical (unpaired) electrons. The third-order valence-corrected chi connectivity index (χ3v) is 6.17. The van der Waals surface area contributed by atoms with E-state index >= 15 is 0 Å². The molecule has 2 aromatic carbocycles. The molecule has 0 saturated heterocycles. The Balaban J connectivity index is 2.05. The van der Waals surface area contributed by atoms with Crippen LogP contribution in [0.3, 0.4) is 0 Å². The lowest BCUT2D eigenvalue weighted by atomic mass is 9.91. The average Bonchev–Trinajstić information content (AvgIpc) is 3.13. The zero-order valence-electron chi connectivity index (χ0n) is 14.9. The van der Waals surface area contributed by atoms with Crippen LogP contribution in [0.2, 0.25) is 5.02 Å². The van der Waals surface area contributed by atoms with Gasteiger partial charge in [-0.3, -0.25) is 9.57 Å². The topological polar surface area (TPSA) is 71.0 Å². The number of nitrogens with zero attached hydrogens (tertiary/aromatic N) is 1. The fourth-order valence-corrected chi connectivity index (χ4v) is 3.81. The standard InChI is InChI=1S/C19H20ClN2O4P/c1-25-27(24,26-2)18(23)14-19(15-8-10-16(20)11-9-15)12-13-22(21-19)17-6-4-3-5-7-17/h3-14,21,23H,1-2H3. The van der Waals surface area contributed by atoms with Gasteiger partial charge in [0.1, 0.15) is 5.54 Å². The minimum atomic E-state index is -3.79. The van der Waals surface area contributed by atoms with E-state index in [1.165, 1.54) is 20.3 Å². The van der Waals surface area contributed by atoms with Gasteiger partial charge in [-0.05, 0) is 42.0 Å². The zero-order valence-corrected chi connectivity index (χ0v) is 16.5. The molecule has 6 nitrogen and oxygen atoms in total. The van der Waals surface area contributed by atoms with E-state index < -0.39 is 18.6 Å². The lowest BCUT2D eigenvalue weighted by Crippen LogP contribution is -2.43. The molecule has 0 aromatic heterocycles. The van der Waals surface area contributed by atoms with Gasteiger partial charge in [0.2, 0.25) is 5.50 Å². The molecule has 0 fully saturated rings. The molecule has 2 N–H and O–H groups in total. The van der Waals surface area contributed by atoms with E-state index in [0.717, 1.165) is 11.3 Å². The van der Waals surface area contributed by atoms with Gasteiger partial charge in [-0.1, -0.05) is 41.9 Å². The minimum absolute atomic E-state index is 0.491. The van der Waals surface area contributed by atoms with E-state index in [1.54, 1.807) is 12.1 Å². The van der Waals surface area contributed by atoms with Crippen LogP contribution in [0.1, 0.15) is 5.56 Å². The third kappa shape index (κ3) is 3.95. The molecule has 1 atom stereocenters. The van der Waals surface area contributed by atoms with Gasteiger partial charge in [0.15, 0.2) is 0 Å². The number of nitrogens with one attached hydrogen (secondary N) is 1. The van der Waals surface area contributed by atoms with E-state index in [4.69, 9.17) is 20.6 Å². The van der Waals surface area contributed by atoms with Gasteiger partial charge in [0.05, 0.1) is 5.69 Å². The van der Waals surface area contributed by atoms with Crippen molar-refractivity contribution in [1.29, 1.82) is 0 Å². The number of aliphatic hydroxyl groups is 1. The maximum atomic E-state index is 12.6. The Morgan fingerprint density at radius 3 is 2.37 bits per heavy atom. The van der Waals surface area contributed by atoms with Crippen LogP contribution in [-0.4, -0.2) is 19.3 Å². The Bertz CT molecular complexity index is 894. The van der Waals surface area contributed by atoms with Crippen molar-refractivity contribution in [2.24, 2.45) is 0 Å². The van der Waals surface area contributed by atoms with Crippen molar-refractivity contribution in [3.8, 4) is 0 Å². The number of halogens is 1. The Morgan fingerprint density at radius 1 is 1.15 bits per heavy atom. The summed E-state index contributed by atoms with van der Waals surface area (Å²) in [5, 5.41) is 12.9. The summed E-state index contributed by atoms with van der Waals surface area (Å²) in [6.07, 6.45) is 5.09. The molecule has 1 aliphatic heterocycles. The van der Waals surface area contributed by atoms with Crippen molar-refractivity contribution < 1.29 is 18.7 Å². The number of anilines is 1. The smallest absolute Gasteiger partial charge is 0.394 e. The highest BCUT2D eigenvalue weighted by molar-refractivity contribution is 7.58. The molecule has 1 unspecified atom stereocenters. The maximum absolute atomic E-state index is 12.6. The van der Waals surface area contributed by atoms with Crippen molar-refractivity contribution >= 4 is 24.9 Å². The van der Waals surface area contributed by atoms with E-state index in [-0.39, 0.29) is 0 Å². The highest BCUT2D eigenvalue weighted by Crippen LogP contribution is 2.54. The molecule has 27 heavy (non-hydrogen) atoms. The molecule has 0 saturated carbocycles. The second kappa shape index (κ2) is 7.89. The van der Waals surface area contributed by atoms with Crippen molar-refractivity contribution in [3.05, 3.63) is 89.0 Å². The second-order valence-corrected chi connectivity index (χ2v) is 8.49. The Labute approximate surface area is 163 Å². The van der Waals surface area contributed by atoms with Gasteiger partial charge < -0.3 is 14.2 Å². The van der Waals surface area contributed by atoms with Crippen LogP contribution in [0, 0.1) is 0 Å². The van der Waals surface area contributed by atoms with E-state index in [9.17, 15) is 9.67 Å². The Morgan fingerprint density at radius 2 is 1.78 bits per heavy atom. The van der Waals surface area contributed by atoms with Gasteiger partial charge in [-0.15, -0.1) is 0 Å². The SMILES string of the molecule is COP(=O)(OC)C(O)=CC1(c2ccc(Cl)cc2)C=CN(c2ccccc2)N1. The molecule has 0 spiro atoms. The summed E-state index contributed by atoms with van der Waals surface area (Å²) in [6, 6.07) is 16.8. The summed E-state index contributed by atoms with van der Waals surface area (Å²) in [5.74, 6) is 0. The first-order valence-electron chi connectivity index (χ1n) is 8.14. The first kappa shape index (κ1) is 19.7. The van der Waals surface area contributed by atoms with Crippen LogP contribution in [0.5, 0.6) is 0 Å². The van der Waals surface area contributed by atoms with Crippen LogP contribution in [0.4, 0.5) is 5.69 Å². The predicted molar refractivity (Wildman–Crippen MR) is 107 cm³/mol. The van der Waals surface area contributed by atoms with Crippen LogP contribution in [0.15, 0.2) is 78.4 Å². The summed E-state index contributed by atoms with van der Waals surface area (Å²) >= 11 is 6.01. The molecular formula is C19H20ClN2O4P. The van der Waals surface area contributed by atoms with E-state index in [1.807, 2.05) is 59.7 Å². The largest absolute Gasteiger partial charge is 0.501 e. The molecule has 0 amide bonds. The number of hydrazine groups is 1. The molecule has 142 valence electrons. The molecule has 0 aliphatic carbocycles. The fraction of sp³-hybridized carbons (Fsp3) is 0.158. The molecule has 2 aromatic rings. The zero-order chi connectivity index (χ0) is 19.5. The predicted octanol–water partition coefficient (Wildman–Crippen LogP) is 4.96. The van der Waals surface area contributed by atoms with Gasteiger partial charge in [-0.2, -0.15) is 0 Å². The van der Waals surface area contributed by atoms with Crippen LogP contribution < -0.4 is 10.4 Å². The van der Waals surface area contributed by atoms with Crippen molar-refractivity contribution in [2.75, 3.05) is 19.2 Å². The van der Waals surface area contributed by atoms with E-state index in [0.29, 0.717) is 5.02 Å². The number of hydrogen-bond acceptors (Lipinski definition) is 6. The van der Waals surface area contributed by atoms with Crippen molar-refractivity contribution in [3.63, 3.8) is 0 Å². The van der Waals surface area contributed by atoms with Crippen LogP contribution in [0.25, 0.3) is 0 Å². The molecule has 1 heterocycles. The number of rotatable bonds is 6. The van der Waals surface area contributed by atoms with Gasteiger partial charge in [-0.25, -0.2) is 5.43 Å². The number of benzene rings is 2. The first-order chi connectivity index (χ1) is 12.9. The summed E-state index contributed by atoms with van der Waals surface area (Å²) in [6.45, 7) is 0. The summed E-state index contributed by atoms with van der Waals surface area (Å²) in [5.41, 5.74) is 3.54. The fourth-order valence-electron chi connectivity index (χ4n) is 2.80. The number of hydrogen-bond donors (Lipinski definition) is 2. The monoisotopic (exact) mass is 406 g/mol. The molecule has 0 bridgehead atoms.